The van der Waals surface area contributed by atoms with Crippen molar-refractivity contribution in [3.63, 3.8) is 0 Å². The van der Waals surface area contributed by atoms with E-state index in [1.807, 2.05) is 65.0 Å². The summed E-state index contributed by atoms with van der Waals surface area (Å²) < 4.78 is 12.4. The zero-order chi connectivity index (χ0) is 17.5. The molecule has 0 radical (unpaired) electrons. The molecule has 3 nitrogen and oxygen atoms in total. The van der Waals surface area contributed by atoms with Crippen LogP contribution in [0.2, 0.25) is 0 Å². The molecular formula is C20H23BO3. The molecule has 0 spiro atoms. The highest BCUT2D eigenvalue weighted by Crippen LogP contribution is 2.37. The molecule has 1 fully saturated rings. The van der Waals surface area contributed by atoms with Gasteiger partial charge in [0.2, 0.25) is 0 Å². The van der Waals surface area contributed by atoms with Crippen molar-refractivity contribution in [3.8, 4) is 11.1 Å². The van der Waals surface area contributed by atoms with Crippen LogP contribution in [-0.4, -0.2) is 24.6 Å². The summed E-state index contributed by atoms with van der Waals surface area (Å²) in [6.45, 7) is 10.1. The van der Waals surface area contributed by atoms with Crippen LogP contribution in [0.1, 0.15) is 43.6 Å². The van der Waals surface area contributed by atoms with Crippen molar-refractivity contribution in [1.82, 2.24) is 0 Å². The van der Waals surface area contributed by atoms with Crippen molar-refractivity contribution >= 4 is 18.9 Å². The number of carbonyl (C=O) groups is 1. The van der Waals surface area contributed by atoms with E-state index in [1.54, 1.807) is 0 Å². The lowest BCUT2D eigenvalue weighted by Crippen LogP contribution is -2.41. The maximum absolute atomic E-state index is 11.6. The number of benzene rings is 2. The molecule has 24 heavy (non-hydrogen) atoms. The van der Waals surface area contributed by atoms with Gasteiger partial charge in [-0.3, -0.25) is 4.79 Å². The lowest BCUT2D eigenvalue weighted by molar-refractivity contribution is 0.00578. The Labute approximate surface area is 144 Å². The molecule has 2 aromatic carbocycles. The van der Waals surface area contributed by atoms with Crippen LogP contribution in [0.15, 0.2) is 42.5 Å². The van der Waals surface area contributed by atoms with Gasteiger partial charge in [-0.25, -0.2) is 0 Å². The lowest BCUT2D eigenvalue weighted by Gasteiger charge is -2.32. The zero-order valence-electron chi connectivity index (χ0n) is 14.9. The standard InChI is InChI=1S/C20H23BO3/c1-14-17(15-9-7-6-8-10-15)12-11-16(13-22)18(14)21-23-19(2,3)20(4,5)24-21/h6-13H,1-5H3. The predicted octanol–water partition coefficient (Wildman–Crippen LogP) is 3.77. The molecule has 1 saturated heterocycles. The van der Waals surface area contributed by atoms with Gasteiger partial charge in [-0.05, 0) is 56.8 Å². The van der Waals surface area contributed by atoms with Crippen LogP contribution in [-0.2, 0) is 9.31 Å². The smallest absolute Gasteiger partial charge is 0.399 e. The van der Waals surface area contributed by atoms with Gasteiger partial charge in [0.25, 0.3) is 0 Å². The van der Waals surface area contributed by atoms with E-state index >= 15 is 0 Å². The molecule has 3 rings (SSSR count). The first-order valence-electron chi connectivity index (χ1n) is 8.26. The summed E-state index contributed by atoms with van der Waals surface area (Å²) >= 11 is 0. The average molecular weight is 322 g/mol. The minimum atomic E-state index is -0.543. The molecule has 0 bridgehead atoms. The lowest BCUT2D eigenvalue weighted by atomic mass is 9.71. The molecule has 0 amide bonds. The Morgan fingerprint density at radius 1 is 0.917 bits per heavy atom. The molecule has 0 unspecified atom stereocenters. The summed E-state index contributed by atoms with van der Waals surface area (Å²) in [5.41, 5.74) is 3.79. The van der Waals surface area contributed by atoms with Gasteiger partial charge in [-0.2, -0.15) is 0 Å². The molecule has 0 aromatic heterocycles. The fraction of sp³-hybridized carbons (Fsp3) is 0.350. The van der Waals surface area contributed by atoms with Crippen LogP contribution in [0, 0.1) is 6.92 Å². The van der Waals surface area contributed by atoms with Gasteiger partial charge in [0.05, 0.1) is 11.2 Å². The highest BCUT2D eigenvalue weighted by Gasteiger charge is 2.52. The topological polar surface area (TPSA) is 35.5 Å². The summed E-state index contributed by atoms with van der Waals surface area (Å²) in [6.07, 6.45) is 0.877. The van der Waals surface area contributed by atoms with Gasteiger partial charge < -0.3 is 9.31 Å². The highest BCUT2D eigenvalue weighted by molar-refractivity contribution is 6.64. The van der Waals surface area contributed by atoms with E-state index in [2.05, 4.69) is 12.1 Å². The molecule has 1 heterocycles. The van der Waals surface area contributed by atoms with Gasteiger partial charge in [0.15, 0.2) is 0 Å². The monoisotopic (exact) mass is 322 g/mol. The van der Waals surface area contributed by atoms with E-state index in [4.69, 9.17) is 9.31 Å². The molecular weight excluding hydrogens is 299 g/mol. The second kappa shape index (κ2) is 5.87. The van der Waals surface area contributed by atoms with Crippen molar-refractivity contribution in [3.05, 3.63) is 53.6 Å². The summed E-state index contributed by atoms with van der Waals surface area (Å²) in [7, 11) is -0.543. The molecule has 0 aliphatic carbocycles. The van der Waals surface area contributed by atoms with E-state index in [-0.39, 0.29) is 0 Å². The minimum absolute atomic E-state index is 0.437. The molecule has 4 heteroatoms. The van der Waals surface area contributed by atoms with Crippen LogP contribution in [0.3, 0.4) is 0 Å². The van der Waals surface area contributed by atoms with Gasteiger partial charge >= 0.3 is 7.12 Å². The molecule has 2 aromatic rings. The number of hydrogen-bond donors (Lipinski definition) is 0. The van der Waals surface area contributed by atoms with Crippen molar-refractivity contribution in [2.45, 2.75) is 45.8 Å². The third-order valence-electron chi connectivity index (χ3n) is 5.25. The van der Waals surface area contributed by atoms with Gasteiger partial charge in [0, 0.05) is 5.56 Å². The van der Waals surface area contributed by atoms with E-state index in [0.29, 0.717) is 5.56 Å². The molecule has 1 aliphatic heterocycles. The first-order valence-corrected chi connectivity index (χ1v) is 8.26. The first-order chi connectivity index (χ1) is 11.3. The average Bonchev–Trinajstić information content (AvgIpc) is 2.75. The fourth-order valence-corrected chi connectivity index (χ4v) is 3.06. The van der Waals surface area contributed by atoms with Crippen LogP contribution >= 0.6 is 0 Å². The van der Waals surface area contributed by atoms with Crippen LogP contribution in [0.25, 0.3) is 11.1 Å². The minimum Gasteiger partial charge on any atom is -0.399 e. The summed E-state index contributed by atoms with van der Waals surface area (Å²) in [5, 5.41) is 0. The molecule has 124 valence electrons. The van der Waals surface area contributed by atoms with E-state index in [0.717, 1.165) is 28.4 Å². The van der Waals surface area contributed by atoms with Crippen molar-refractivity contribution in [2.75, 3.05) is 0 Å². The van der Waals surface area contributed by atoms with Crippen LogP contribution in [0.4, 0.5) is 0 Å². The summed E-state index contributed by atoms with van der Waals surface area (Å²) in [4.78, 5) is 11.6. The van der Waals surface area contributed by atoms with Crippen molar-refractivity contribution in [1.29, 1.82) is 0 Å². The number of rotatable bonds is 3. The van der Waals surface area contributed by atoms with Crippen LogP contribution < -0.4 is 5.46 Å². The SMILES string of the molecule is Cc1c(-c2ccccc2)ccc(C=O)c1B1OC(C)(C)C(C)(C)O1. The number of aldehydes is 1. The largest absolute Gasteiger partial charge is 0.495 e. The zero-order valence-corrected chi connectivity index (χ0v) is 14.9. The number of carbonyl (C=O) groups excluding carboxylic acids is 1. The van der Waals surface area contributed by atoms with Crippen LogP contribution in [0.5, 0.6) is 0 Å². The normalized spacial score (nSPS) is 18.6. The Hall–Kier alpha value is -1.91. The Bertz CT molecular complexity index is 750. The predicted molar refractivity (Wildman–Crippen MR) is 97.7 cm³/mol. The molecule has 0 atom stereocenters. The molecule has 0 N–H and O–H groups in total. The first kappa shape index (κ1) is 16.9. The Morgan fingerprint density at radius 3 is 2.04 bits per heavy atom. The van der Waals surface area contributed by atoms with Gasteiger partial charge in [0.1, 0.15) is 6.29 Å². The second-order valence-electron chi connectivity index (χ2n) is 7.31. The second-order valence-corrected chi connectivity index (χ2v) is 7.31. The molecule has 0 saturated carbocycles. The quantitative estimate of drug-likeness (QED) is 0.637. The third kappa shape index (κ3) is 2.70. The van der Waals surface area contributed by atoms with E-state index < -0.39 is 18.3 Å². The Morgan fingerprint density at radius 2 is 1.50 bits per heavy atom. The fourth-order valence-electron chi connectivity index (χ4n) is 3.06. The third-order valence-corrected chi connectivity index (χ3v) is 5.25. The maximum atomic E-state index is 11.6. The van der Waals surface area contributed by atoms with E-state index in [1.165, 1.54) is 0 Å². The molecule has 1 aliphatic rings. The summed E-state index contributed by atoms with van der Waals surface area (Å²) in [6, 6.07) is 14.0. The Balaban J connectivity index is 2.12. The van der Waals surface area contributed by atoms with Gasteiger partial charge in [-0.15, -0.1) is 0 Å². The Kier molecular flexibility index (Phi) is 4.14. The number of hydrogen-bond acceptors (Lipinski definition) is 3. The summed E-state index contributed by atoms with van der Waals surface area (Å²) in [5.74, 6) is 0. The van der Waals surface area contributed by atoms with Crippen molar-refractivity contribution < 1.29 is 14.1 Å². The van der Waals surface area contributed by atoms with Crippen molar-refractivity contribution in [2.24, 2.45) is 0 Å². The maximum Gasteiger partial charge on any atom is 0.495 e. The highest BCUT2D eigenvalue weighted by atomic mass is 16.7. The van der Waals surface area contributed by atoms with Gasteiger partial charge in [-0.1, -0.05) is 42.5 Å². The van der Waals surface area contributed by atoms with E-state index in [9.17, 15) is 4.79 Å².